The van der Waals surface area contributed by atoms with Gasteiger partial charge in [0.2, 0.25) is 0 Å². The van der Waals surface area contributed by atoms with Crippen molar-refractivity contribution in [3.63, 3.8) is 0 Å². The minimum Gasteiger partial charge on any atom is -0.393 e. The molecule has 0 bridgehead atoms. The van der Waals surface area contributed by atoms with Crippen LogP contribution in [0.1, 0.15) is 5.56 Å². The number of rotatable bonds is 1. The molecule has 0 atom stereocenters. The zero-order valence-corrected chi connectivity index (χ0v) is 7.56. The summed E-state index contributed by atoms with van der Waals surface area (Å²) in [6, 6.07) is 4.28. The number of hydrogen-bond acceptors (Lipinski definition) is 4. The van der Waals surface area contributed by atoms with E-state index in [0.717, 1.165) is 0 Å². The van der Waals surface area contributed by atoms with Crippen molar-refractivity contribution in [2.45, 2.75) is 0 Å². The number of amides is 1. The monoisotopic (exact) mass is 205 g/mol. The summed E-state index contributed by atoms with van der Waals surface area (Å²) in [5, 5.41) is 10.6. The number of hydrogen-bond donors (Lipinski definition) is 2. The van der Waals surface area contributed by atoms with Crippen molar-refractivity contribution in [2.75, 3.05) is 5.73 Å². The van der Waals surface area contributed by atoms with Crippen molar-refractivity contribution in [3.8, 4) is 11.8 Å². The third-order valence-electron chi connectivity index (χ3n) is 1.57. The number of nitro groups is 1. The number of carbonyl (C=O) groups excluding carboxylic acids is 1. The molecule has 0 saturated carbocycles. The number of nitro benzene ring substituents is 1. The number of nitrogens with zero attached hydrogens (tertiary/aromatic N) is 1. The zero-order chi connectivity index (χ0) is 11.4. The topological polar surface area (TPSA) is 112 Å². The summed E-state index contributed by atoms with van der Waals surface area (Å²) in [4.78, 5) is 20.4. The van der Waals surface area contributed by atoms with Crippen LogP contribution in [0, 0.1) is 22.0 Å². The third-order valence-corrected chi connectivity index (χ3v) is 1.57. The van der Waals surface area contributed by atoms with Gasteiger partial charge < -0.3 is 11.5 Å². The van der Waals surface area contributed by atoms with Crippen molar-refractivity contribution in [1.82, 2.24) is 0 Å². The third kappa shape index (κ3) is 2.45. The van der Waals surface area contributed by atoms with Gasteiger partial charge >= 0.3 is 5.69 Å². The van der Waals surface area contributed by atoms with Crippen LogP contribution in [0.15, 0.2) is 18.2 Å². The fourth-order valence-electron chi connectivity index (χ4n) is 0.995. The summed E-state index contributed by atoms with van der Waals surface area (Å²) >= 11 is 0. The normalized spacial score (nSPS) is 8.80. The van der Waals surface area contributed by atoms with E-state index in [0.29, 0.717) is 0 Å². The molecule has 1 amide bonds. The molecule has 1 rings (SSSR count). The molecule has 76 valence electrons. The van der Waals surface area contributed by atoms with Gasteiger partial charge in [0, 0.05) is 5.92 Å². The Morgan fingerprint density at radius 3 is 2.67 bits per heavy atom. The summed E-state index contributed by atoms with van der Waals surface area (Å²) in [6.07, 6.45) is 0. The van der Waals surface area contributed by atoms with Crippen LogP contribution >= 0.6 is 0 Å². The van der Waals surface area contributed by atoms with E-state index < -0.39 is 10.8 Å². The number of anilines is 1. The van der Waals surface area contributed by atoms with Crippen LogP contribution < -0.4 is 11.5 Å². The summed E-state index contributed by atoms with van der Waals surface area (Å²) < 4.78 is 0. The number of primary amides is 1. The molecular weight excluding hydrogens is 198 g/mol. The molecule has 0 aliphatic rings. The van der Waals surface area contributed by atoms with Gasteiger partial charge in [-0.05, 0) is 18.1 Å². The summed E-state index contributed by atoms with van der Waals surface area (Å²) in [5.74, 6) is 3.45. The molecule has 0 heterocycles. The maximum atomic E-state index is 10.6. The minimum atomic E-state index is -0.855. The first-order chi connectivity index (χ1) is 7.02. The average Bonchev–Trinajstić information content (AvgIpc) is 2.13. The molecule has 0 unspecified atom stereocenters. The summed E-state index contributed by atoms with van der Waals surface area (Å²) in [5.41, 5.74) is 9.95. The number of nitrogen functional groups attached to an aromatic ring is 1. The maximum Gasteiger partial charge on any atom is 0.307 e. The SMILES string of the molecule is NC(=O)C#Cc1cccc(N)c1[N+](=O)[O-]. The van der Waals surface area contributed by atoms with E-state index in [1.165, 1.54) is 18.2 Å². The fraction of sp³-hybridized carbons (Fsp3) is 0. The molecule has 0 saturated heterocycles. The highest BCUT2D eigenvalue weighted by atomic mass is 16.6. The Bertz CT molecular complexity index is 485. The van der Waals surface area contributed by atoms with Gasteiger partial charge in [0.15, 0.2) is 0 Å². The molecular formula is C9H7N3O3. The molecule has 6 heteroatoms. The molecule has 6 nitrogen and oxygen atoms in total. The minimum absolute atomic E-state index is 0.00345. The Morgan fingerprint density at radius 2 is 2.13 bits per heavy atom. The predicted molar refractivity (Wildman–Crippen MR) is 53.6 cm³/mol. The van der Waals surface area contributed by atoms with E-state index in [2.05, 4.69) is 5.92 Å². The standard InChI is InChI=1S/C9H7N3O3/c10-7-3-1-2-6(4-5-8(11)13)9(7)12(14)15/h1-3H,10H2,(H2,11,13). The number of benzene rings is 1. The lowest BCUT2D eigenvalue weighted by Gasteiger charge is -1.98. The van der Waals surface area contributed by atoms with Gasteiger partial charge in [-0.25, -0.2) is 0 Å². The van der Waals surface area contributed by atoms with Gasteiger partial charge in [-0.1, -0.05) is 6.07 Å². The highest BCUT2D eigenvalue weighted by Crippen LogP contribution is 2.24. The number of nitrogens with two attached hydrogens (primary N) is 2. The van der Waals surface area contributed by atoms with Crippen molar-refractivity contribution in [3.05, 3.63) is 33.9 Å². The van der Waals surface area contributed by atoms with Crippen LogP contribution in [0.5, 0.6) is 0 Å². The summed E-state index contributed by atoms with van der Waals surface area (Å²) in [6.45, 7) is 0. The Hall–Kier alpha value is -2.55. The first-order valence-electron chi connectivity index (χ1n) is 3.86. The van der Waals surface area contributed by atoms with Crippen molar-refractivity contribution < 1.29 is 9.72 Å². The molecule has 4 N–H and O–H groups in total. The molecule has 0 radical (unpaired) electrons. The van der Waals surface area contributed by atoms with E-state index >= 15 is 0 Å². The molecule has 1 aromatic rings. The quantitative estimate of drug-likeness (QED) is 0.291. The van der Waals surface area contributed by atoms with Gasteiger partial charge in [-0.3, -0.25) is 14.9 Å². The van der Waals surface area contributed by atoms with Crippen LogP contribution in [0.4, 0.5) is 11.4 Å². The Kier molecular flexibility index (Phi) is 2.88. The molecule has 1 aromatic carbocycles. The highest BCUT2D eigenvalue weighted by molar-refractivity contribution is 5.93. The van der Waals surface area contributed by atoms with Crippen molar-refractivity contribution in [2.24, 2.45) is 5.73 Å². The molecule has 15 heavy (non-hydrogen) atoms. The number of carbonyl (C=O) groups is 1. The Balaban J connectivity index is 3.31. The van der Waals surface area contributed by atoms with Gasteiger partial charge in [-0.2, -0.15) is 0 Å². The van der Waals surface area contributed by atoms with Crippen LogP contribution in [-0.2, 0) is 4.79 Å². The maximum absolute atomic E-state index is 10.6. The van der Waals surface area contributed by atoms with E-state index in [-0.39, 0.29) is 16.9 Å². The zero-order valence-electron chi connectivity index (χ0n) is 7.56. The Labute approximate surface area is 85.0 Å². The van der Waals surface area contributed by atoms with Gasteiger partial charge in [0.25, 0.3) is 5.91 Å². The Morgan fingerprint density at radius 1 is 1.47 bits per heavy atom. The van der Waals surface area contributed by atoms with E-state index in [1.807, 2.05) is 5.92 Å². The lowest BCUT2D eigenvalue weighted by atomic mass is 10.1. The fourth-order valence-corrected chi connectivity index (χ4v) is 0.995. The second-order valence-electron chi connectivity index (χ2n) is 2.61. The van der Waals surface area contributed by atoms with E-state index in [9.17, 15) is 14.9 Å². The second-order valence-corrected chi connectivity index (χ2v) is 2.61. The lowest BCUT2D eigenvalue weighted by molar-refractivity contribution is -0.384. The molecule has 0 aliphatic carbocycles. The predicted octanol–water partition coefficient (Wildman–Crippen LogP) is 0.0138. The molecule has 0 aromatic heterocycles. The van der Waals surface area contributed by atoms with Crippen molar-refractivity contribution in [1.29, 1.82) is 0 Å². The average molecular weight is 205 g/mol. The van der Waals surface area contributed by atoms with Crippen LogP contribution in [-0.4, -0.2) is 10.8 Å². The molecule has 0 fully saturated rings. The summed E-state index contributed by atoms with van der Waals surface area (Å²) in [7, 11) is 0. The largest absolute Gasteiger partial charge is 0.393 e. The van der Waals surface area contributed by atoms with Crippen LogP contribution in [0.3, 0.4) is 0 Å². The van der Waals surface area contributed by atoms with Crippen molar-refractivity contribution >= 4 is 17.3 Å². The molecule has 0 spiro atoms. The smallest absolute Gasteiger partial charge is 0.307 e. The molecule has 0 aliphatic heterocycles. The number of para-hydroxylation sites is 1. The van der Waals surface area contributed by atoms with E-state index in [1.54, 1.807) is 0 Å². The van der Waals surface area contributed by atoms with Gasteiger partial charge in [-0.15, -0.1) is 0 Å². The second kappa shape index (κ2) is 4.11. The van der Waals surface area contributed by atoms with Crippen LogP contribution in [0.25, 0.3) is 0 Å². The first kappa shape index (κ1) is 10.5. The van der Waals surface area contributed by atoms with Crippen LogP contribution in [0.2, 0.25) is 0 Å². The van der Waals surface area contributed by atoms with E-state index in [4.69, 9.17) is 11.5 Å². The van der Waals surface area contributed by atoms with Gasteiger partial charge in [0.05, 0.1) is 4.92 Å². The lowest BCUT2D eigenvalue weighted by Crippen LogP contribution is -2.06. The highest BCUT2D eigenvalue weighted by Gasteiger charge is 2.15. The van der Waals surface area contributed by atoms with Gasteiger partial charge in [0.1, 0.15) is 11.3 Å². The first-order valence-corrected chi connectivity index (χ1v) is 3.86.